The predicted octanol–water partition coefficient (Wildman–Crippen LogP) is 3.88. The summed E-state index contributed by atoms with van der Waals surface area (Å²) in [5, 5.41) is 4.90. The molecule has 0 aliphatic rings. The first-order valence-electron chi connectivity index (χ1n) is 7.18. The number of ether oxygens (including phenoxy) is 1. The smallest absolute Gasteiger partial charge is 0.280 e. The van der Waals surface area contributed by atoms with Crippen molar-refractivity contribution in [2.45, 2.75) is 20.0 Å². The van der Waals surface area contributed by atoms with Gasteiger partial charge < -0.3 is 10.5 Å². The molecule has 0 aliphatic heterocycles. The average Bonchev–Trinajstić information content (AvgIpc) is 2.55. The van der Waals surface area contributed by atoms with Crippen molar-refractivity contribution in [3.63, 3.8) is 0 Å². The van der Waals surface area contributed by atoms with E-state index in [1.54, 1.807) is 44.2 Å². The number of hydrazone groups is 1. The molecule has 1 unspecified atom stereocenters. The predicted molar refractivity (Wildman–Crippen MR) is 97.8 cm³/mol. The van der Waals surface area contributed by atoms with Crippen molar-refractivity contribution >= 4 is 40.5 Å². The summed E-state index contributed by atoms with van der Waals surface area (Å²) in [7, 11) is 0. The molecule has 0 radical (unpaired) electrons. The van der Waals surface area contributed by atoms with Crippen LogP contribution in [0.5, 0.6) is 5.75 Å². The van der Waals surface area contributed by atoms with Crippen molar-refractivity contribution in [1.82, 2.24) is 5.43 Å². The lowest BCUT2D eigenvalue weighted by Crippen LogP contribution is -2.34. The standard InChI is InChI=1S/C17H17Cl2N3O2/c1-10(12-3-6-14(20)7-4-12)21-22-17(23)11(2)24-16-8-5-13(18)9-15(16)19/h3-9,11H,20H2,1-2H3,(H,22,23). The van der Waals surface area contributed by atoms with Gasteiger partial charge in [-0.25, -0.2) is 5.43 Å². The molecular weight excluding hydrogens is 349 g/mol. The van der Waals surface area contributed by atoms with Crippen molar-refractivity contribution in [3.05, 3.63) is 58.1 Å². The Balaban J connectivity index is 1.98. The number of nitrogens with two attached hydrogens (primary N) is 1. The Labute approximate surface area is 150 Å². The van der Waals surface area contributed by atoms with Gasteiger partial charge in [0.15, 0.2) is 6.10 Å². The summed E-state index contributed by atoms with van der Waals surface area (Å²) in [6, 6.07) is 12.0. The van der Waals surface area contributed by atoms with Crippen molar-refractivity contribution in [2.24, 2.45) is 5.10 Å². The summed E-state index contributed by atoms with van der Waals surface area (Å²) in [5.74, 6) is -0.0150. The first-order chi connectivity index (χ1) is 11.4. The molecule has 0 heterocycles. The minimum Gasteiger partial charge on any atom is -0.479 e. The second-order valence-electron chi connectivity index (χ2n) is 5.13. The molecule has 2 aromatic rings. The van der Waals surface area contributed by atoms with Crippen LogP contribution in [0.4, 0.5) is 5.69 Å². The van der Waals surface area contributed by atoms with Crippen LogP contribution in [-0.4, -0.2) is 17.7 Å². The molecule has 3 N–H and O–H groups in total. The lowest BCUT2D eigenvalue weighted by Gasteiger charge is -2.14. The number of halogens is 2. The van der Waals surface area contributed by atoms with Crippen LogP contribution in [0.25, 0.3) is 0 Å². The summed E-state index contributed by atoms with van der Waals surface area (Å²) >= 11 is 11.8. The normalized spacial score (nSPS) is 12.6. The largest absolute Gasteiger partial charge is 0.479 e. The third kappa shape index (κ3) is 4.88. The van der Waals surface area contributed by atoms with Gasteiger partial charge in [0.1, 0.15) is 5.75 Å². The van der Waals surface area contributed by atoms with E-state index < -0.39 is 12.0 Å². The van der Waals surface area contributed by atoms with Gasteiger partial charge >= 0.3 is 0 Å². The summed E-state index contributed by atoms with van der Waals surface area (Å²) in [5.41, 5.74) is 10.3. The van der Waals surface area contributed by atoms with Crippen molar-refractivity contribution < 1.29 is 9.53 Å². The van der Waals surface area contributed by atoms with Gasteiger partial charge in [-0.2, -0.15) is 5.10 Å². The quantitative estimate of drug-likeness (QED) is 0.479. The van der Waals surface area contributed by atoms with E-state index in [0.717, 1.165) is 5.56 Å². The first kappa shape index (κ1) is 18.1. The topological polar surface area (TPSA) is 76.7 Å². The Morgan fingerprint density at radius 1 is 1.21 bits per heavy atom. The number of carbonyl (C=O) groups is 1. The number of nitrogens with one attached hydrogen (secondary N) is 1. The number of nitrogens with zero attached hydrogens (tertiary/aromatic N) is 1. The van der Waals surface area contributed by atoms with Crippen LogP contribution >= 0.6 is 23.2 Å². The molecular formula is C17H17Cl2N3O2. The molecule has 24 heavy (non-hydrogen) atoms. The lowest BCUT2D eigenvalue weighted by molar-refractivity contribution is -0.127. The van der Waals surface area contributed by atoms with Crippen LogP contribution in [-0.2, 0) is 4.79 Å². The fourth-order valence-electron chi connectivity index (χ4n) is 1.83. The van der Waals surface area contributed by atoms with Gasteiger partial charge in [0.05, 0.1) is 10.7 Å². The number of hydrogen-bond donors (Lipinski definition) is 2. The molecule has 126 valence electrons. The monoisotopic (exact) mass is 365 g/mol. The fourth-order valence-corrected chi connectivity index (χ4v) is 2.29. The van der Waals surface area contributed by atoms with Gasteiger partial charge in [-0.1, -0.05) is 35.3 Å². The van der Waals surface area contributed by atoms with Gasteiger partial charge in [-0.3, -0.25) is 4.79 Å². The zero-order chi connectivity index (χ0) is 17.7. The lowest BCUT2D eigenvalue weighted by atomic mass is 10.1. The van der Waals surface area contributed by atoms with E-state index in [0.29, 0.717) is 27.2 Å². The molecule has 0 bridgehead atoms. The highest BCUT2D eigenvalue weighted by atomic mass is 35.5. The van der Waals surface area contributed by atoms with E-state index in [1.807, 2.05) is 12.1 Å². The summed E-state index contributed by atoms with van der Waals surface area (Å²) in [6.45, 7) is 3.39. The highest BCUT2D eigenvalue weighted by Gasteiger charge is 2.16. The molecule has 7 heteroatoms. The summed E-state index contributed by atoms with van der Waals surface area (Å²) in [4.78, 5) is 12.1. The SMILES string of the molecule is CC(=NNC(=O)C(C)Oc1ccc(Cl)cc1Cl)c1ccc(N)cc1. The van der Waals surface area contributed by atoms with Crippen LogP contribution in [0.1, 0.15) is 19.4 Å². The molecule has 1 atom stereocenters. The second-order valence-corrected chi connectivity index (χ2v) is 5.97. The first-order valence-corrected chi connectivity index (χ1v) is 7.94. The summed E-state index contributed by atoms with van der Waals surface area (Å²) < 4.78 is 5.53. The minimum absolute atomic E-state index is 0.337. The Bertz CT molecular complexity index is 761. The molecule has 0 fully saturated rings. The second kappa shape index (κ2) is 8.04. The highest BCUT2D eigenvalue weighted by Crippen LogP contribution is 2.28. The number of nitrogen functional groups attached to an aromatic ring is 1. The Morgan fingerprint density at radius 3 is 2.50 bits per heavy atom. The third-order valence-corrected chi connectivity index (χ3v) is 3.76. The third-order valence-electron chi connectivity index (χ3n) is 3.23. The van der Waals surface area contributed by atoms with Crippen LogP contribution in [0.3, 0.4) is 0 Å². The van der Waals surface area contributed by atoms with E-state index in [9.17, 15) is 4.79 Å². The Hall–Kier alpha value is -2.24. The van der Waals surface area contributed by atoms with Gasteiger partial charge in [0.2, 0.25) is 0 Å². The number of benzene rings is 2. The minimum atomic E-state index is -0.772. The van der Waals surface area contributed by atoms with Crippen molar-refractivity contribution in [1.29, 1.82) is 0 Å². The molecule has 0 aliphatic carbocycles. The molecule has 0 spiro atoms. The number of rotatable bonds is 5. The Kier molecular flexibility index (Phi) is 6.06. The van der Waals surface area contributed by atoms with E-state index in [2.05, 4.69) is 10.5 Å². The number of amides is 1. The zero-order valence-corrected chi connectivity index (χ0v) is 14.7. The van der Waals surface area contributed by atoms with Crippen molar-refractivity contribution in [3.8, 4) is 5.75 Å². The zero-order valence-electron chi connectivity index (χ0n) is 13.2. The molecule has 5 nitrogen and oxygen atoms in total. The molecule has 0 saturated carbocycles. The van der Waals surface area contributed by atoms with E-state index in [1.165, 1.54) is 0 Å². The summed E-state index contributed by atoms with van der Waals surface area (Å²) in [6.07, 6.45) is -0.772. The van der Waals surface area contributed by atoms with E-state index >= 15 is 0 Å². The molecule has 1 amide bonds. The number of carbonyl (C=O) groups excluding carboxylic acids is 1. The van der Waals surface area contributed by atoms with Crippen LogP contribution in [0.2, 0.25) is 10.0 Å². The maximum Gasteiger partial charge on any atom is 0.280 e. The van der Waals surface area contributed by atoms with Gasteiger partial charge in [-0.15, -0.1) is 0 Å². The fraction of sp³-hybridized carbons (Fsp3) is 0.176. The van der Waals surface area contributed by atoms with Crippen molar-refractivity contribution in [2.75, 3.05) is 5.73 Å². The molecule has 0 saturated heterocycles. The average molecular weight is 366 g/mol. The molecule has 2 rings (SSSR count). The van der Waals surface area contributed by atoms with Crippen LogP contribution < -0.4 is 15.9 Å². The maximum absolute atomic E-state index is 12.1. The van der Waals surface area contributed by atoms with Crippen LogP contribution in [0, 0.1) is 0 Å². The number of anilines is 1. The van der Waals surface area contributed by atoms with E-state index in [-0.39, 0.29) is 0 Å². The van der Waals surface area contributed by atoms with E-state index in [4.69, 9.17) is 33.7 Å². The maximum atomic E-state index is 12.1. The number of hydrogen-bond acceptors (Lipinski definition) is 4. The highest BCUT2D eigenvalue weighted by molar-refractivity contribution is 6.35. The van der Waals surface area contributed by atoms with Gasteiger partial charge in [0.25, 0.3) is 5.91 Å². The Morgan fingerprint density at radius 2 is 1.88 bits per heavy atom. The molecule has 0 aromatic heterocycles. The molecule has 2 aromatic carbocycles. The van der Waals surface area contributed by atoms with Gasteiger partial charge in [0, 0.05) is 10.7 Å². The van der Waals surface area contributed by atoms with Gasteiger partial charge in [-0.05, 0) is 49.7 Å². The van der Waals surface area contributed by atoms with Crippen LogP contribution in [0.15, 0.2) is 47.6 Å².